The number of esters is 1. The van der Waals surface area contributed by atoms with Gasteiger partial charge in [0, 0.05) is 24.2 Å². The van der Waals surface area contributed by atoms with Gasteiger partial charge in [-0.25, -0.2) is 9.78 Å². The van der Waals surface area contributed by atoms with E-state index < -0.39 is 5.97 Å². The van der Waals surface area contributed by atoms with E-state index in [1.54, 1.807) is 6.07 Å². The largest absolute Gasteiger partial charge is 0.452 e. The number of hydrogen-bond acceptors (Lipinski definition) is 5. The van der Waals surface area contributed by atoms with Crippen LogP contribution in [0.15, 0.2) is 34.8 Å². The lowest BCUT2D eigenvalue weighted by Crippen LogP contribution is -2.49. The van der Waals surface area contributed by atoms with E-state index in [2.05, 4.69) is 4.98 Å². The van der Waals surface area contributed by atoms with E-state index in [0.717, 1.165) is 24.8 Å². The Balaban J connectivity index is 1.54. The third-order valence-corrected chi connectivity index (χ3v) is 4.49. The Bertz CT molecular complexity index is 753. The molecule has 0 unspecified atom stereocenters. The van der Waals surface area contributed by atoms with Crippen LogP contribution in [0.3, 0.4) is 0 Å². The molecule has 0 aliphatic carbocycles. The first kappa shape index (κ1) is 17.2. The molecule has 1 fully saturated rings. The quantitative estimate of drug-likeness (QED) is 0.630. The Kier molecular flexibility index (Phi) is 5.16. The van der Waals surface area contributed by atoms with Crippen molar-refractivity contribution in [2.45, 2.75) is 45.2 Å². The van der Waals surface area contributed by atoms with Crippen molar-refractivity contribution in [3.8, 4) is 0 Å². The topological polar surface area (TPSA) is 72.6 Å². The lowest BCUT2D eigenvalue weighted by atomic mass is 9.97. The summed E-state index contributed by atoms with van der Waals surface area (Å²) >= 11 is 0. The molecule has 0 radical (unpaired) electrons. The van der Waals surface area contributed by atoms with Crippen molar-refractivity contribution < 1.29 is 18.7 Å². The van der Waals surface area contributed by atoms with Gasteiger partial charge in [0.1, 0.15) is 5.52 Å². The summed E-state index contributed by atoms with van der Waals surface area (Å²) in [7, 11) is 0. The first-order chi connectivity index (χ1) is 12.0. The second kappa shape index (κ2) is 7.51. The van der Waals surface area contributed by atoms with Crippen LogP contribution in [0, 0.1) is 0 Å². The van der Waals surface area contributed by atoms with Gasteiger partial charge in [0.2, 0.25) is 5.89 Å². The highest BCUT2D eigenvalue weighted by Crippen LogP contribution is 2.22. The number of aromatic nitrogens is 1. The minimum absolute atomic E-state index is 0.150. The summed E-state index contributed by atoms with van der Waals surface area (Å²) in [5.74, 6) is -0.418. The van der Waals surface area contributed by atoms with Gasteiger partial charge in [0.05, 0.1) is 0 Å². The third kappa shape index (κ3) is 4.07. The summed E-state index contributed by atoms with van der Waals surface area (Å²) in [5.41, 5.74) is 1.37. The Morgan fingerprint density at radius 2 is 2.00 bits per heavy atom. The van der Waals surface area contributed by atoms with E-state index in [4.69, 9.17) is 9.15 Å². The first-order valence-corrected chi connectivity index (χ1v) is 8.56. The minimum atomic E-state index is -0.590. The summed E-state index contributed by atoms with van der Waals surface area (Å²) < 4.78 is 10.5. The molecule has 1 saturated heterocycles. The Labute approximate surface area is 146 Å². The van der Waals surface area contributed by atoms with Crippen LogP contribution < -0.4 is 0 Å². The third-order valence-electron chi connectivity index (χ3n) is 4.49. The predicted octanol–water partition coefficient (Wildman–Crippen LogP) is 3.17. The zero-order chi connectivity index (χ0) is 17.8. The van der Waals surface area contributed by atoms with Crippen LogP contribution in [-0.4, -0.2) is 40.5 Å². The molecule has 2 atom stereocenters. The van der Waals surface area contributed by atoms with Crippen molar-refractivity contribution in [2.75, 3.05) is 6.61 Å². The van der Waals surface area contributed by atoms with Crippen molar-refractivity contribution in [1.82, 2.24) is 9.88 Å². The number of oxazole rings is 1. The number of piperidine rings is 1. The standard InChI is InChI=1S/C19H22N2O4/c1-13-6-5-7-14(2)21(13)18(22)12-24-19(23)11-10-17-20-15-8-3-4-9-16(15)25-17/h3-4,8-11,13-14H,5-7,12H2,1-2H3/b11-10+/t13-,14-/m1/s1. The maximum Gasteiger partial charge on any atom is 0.331 e. The highest BCUT2D eigenvalue weighted by atomic mass is 16.5. The molecule has 2 aromatic rings. The molecule has 25 heavy (non-hydrogen) atoms. The van der Waals surface area contributed by atoms with Crippen LogP contribution in [-0.2, 0) is 14.3 Å². The first-order valence-electron chi connectivity index (χ1n) is 8.56. The SMILES string of the molecule is C[C@@H]1CCC[C@@H](C)N1C(=O)COC(=O)/C=C/c1nc2ccccc2o1. The number of carbonyl (C=O) groups is 2. The van der Waals surface area contributed by atoms with Gasteiger partial charge < -0.3 is 14.1 Å². The molecule has 1 amide bonds. The molecule has 0 N–H and O–H groups in total. The summed E-state index contributed by atoms with van der Waals surface area (Å²) in [4.78, 5) is 30.2. The fourth-order valence-electron chi connectivity index (χ4n) is 3.27. The number of para-hydroxylation sites is 2. The molecule has 132 valence electrons. The van der Waals surface area contributed by atoms with Crippen molar-refractivity contribution in [1.29, 1.82) is 0 Å². The van der Waals surface area contributed by atoms with Gasteiger partial charge in [0.15, 0.2) is 12.2 Å². The van der Waals surface area contributed by atoms with Crippen LogP contribution >= 0.6 is 0 Å². The molecule has 1 aromatic carbocycles. The van der Waals surface area contributed by atoms with E-state index in [9.17, 15) is 9.59 Å². The molecule has 0 bridgehead atoms. The van der Waals surface area contributed by atoms with Gasteiger partial charge in [-0.3, -0.25) is 4.79 Å². The van der Waals surface area contributed by atoms with Crippen molar-refractivity contribution in [3.63, 3.8) is 0 Å². The van der Waals surface area contributed by atoms with Crippen LogP contribution in [0.5, 0.6) is 0 Å². The maximum atomic E-state index is 12.3. The predicted molar refractivity (Wildman–Crippen MR) is 93.6 cm³/mol. The lowest BCUT2D eigenvalue weighted by molar-refractivity contribution is -0.151. The summed E-state index contributed by atoms with van der Waals surface area (Å²) in [6, 6.07) is 7.71. The number of fused-ring (bicyclic) bond motifs is 1. The van der Waals surface area contributed by atoms with Gasteiger partial charge in [-0.1, -0.05) is 12.1 Å². The Hall–Kier alpha value is -2.63. The van der Waals surface area contributed by atoms with Gasteiger partial charge >= 0.3 is 5.97 Å². The molecule has 1 aliphatic heterocycles. The fraction of sp³-hybridized carbons (Fsp3) is 0.421. The summed E-state index contributed by atoms with van der Waals surface area (Å²) in [6.07, 6.45) is 5.77. The number of hydrogen-bond donors (Lipinski definition) is 0. The van der Waals surface area contributed by atoms with Crippen LogP contribution in [0.25, 0.3) is 17.2 Å². The number of nitrogens with zero attached hydrogens (tertiary/aromatic N) is 2. The minimum Gasteiger partial charge on any atom is -0.452 e. The molecule has 1 aromatic heterocycles. The van der Waals surface area contributed by atoms with Crippen molar-refractivity contribution >= 4 is 29.1 Å². The molecular weight excluding hydrogens is 320 g/mol. The van der Waals surface area contributed by atoms with E-state index in [-0.39, 0.29) is 24.6 Å². The second-order valence-corrected chi connectivity index (χ2v) is 6.39. The molecule has 0 spiro atoms. The van der Waals surface area contributed by atoms with Crippen molar-refractivity contribution in [2.24, 2.45) is 0 Å². The fourth-order valence-corrected chi connectivity index (χ4v) is 3.27. The van der Waals surface area contributed by atoms with Gasteiger partial charge in [-0.2, -0.15) is 0 Å². The highest BCUT2D eigenvalue weighted by molar-refractivity contribution is 5.89. The highest BCUT2D eigenvalue weighted by Gasteiger charge is 2.29. The van der Waals surface area contributed by atoms with E-state index in [1.165, 1.54) is 12.2 Å². The number of likely N-dealkylation sites (tertiary alicyclic amines) is 1. The molecule has 3 rings (SSSR count). The van der Waals surface area contributed by atoms with Crippen LogP contribution in [0.2, 0.25) is 0 Å². The Morgan fingerprint density at radius 3 is 2.72 bits per heavy atom. The zero-order valence-electron chi connectivity index (χ0n) is 14.5. The van der Waals surface area contributed by atoms with Gasteiger partial charge in [-0.05, 0) is 45.2 Å². The zero-order valence-corrected chi connectivity index (χ0v) is 14.5. The van der Waals surface area contributed by atoms with E-state index >= 15 is 0 Å². The average Bonchev–Trinajstić information content (AvgIpc) is 3.01. The van der Waals surface area contributed by atoms with E-state index in [0.29, 0.717) is 11.5 Å². The number of benzene rings is 1. The molecule has 6 nitrogen and oxygen atoms in total. The number of carbonyl (C=O) groups excluding carboxylic acids is 2. The van der Waals surface area contributed by atoms with Crippen LogP contribution in [0.4, 0.5) is 0 Å². The lowest BCUT2D eigenvalue weighted by Gasteiger charge is -2.38. The monoisotopic (exact) mass is 342 g/mol. The van der Waals surface area contributed by atoms with Crippen molar-refractivity contribution in [3.05, 3.63) is 36.2 Å². The molecule has 6 heteroatoms. The van der Waals surface area contributed by atoms with E-state index in [1.807, 2.05) is 36.9 Å². The summed E-state index contributed by atoms with van der Waals surface area (Å²) in [6.45, 7) is 3.82. The average molecular weight is 342 g/mol. The molecular formula is C19H22N2O4. The second-order valence-electron chi connectivity index (χ2n) is 6.39. The normalized spacial score (nSPS) is 21.0. The molecule has 1 aliphatic rings. The van der Waals surface area contributed by atoms with Gasteiger partial charge in [0.25, 0.3) is 5.91 Å². The number of ether oxygens (including phenoxy) is 1. The molecule has 2 heterocycles. The molecule has 0 saturated carbocycles. The number of rotatable bonds is 4. The van der Waals surface area contributed by atoms with Crippen LogP contribution in [0.1, 0.15) is 39.0 Å². The summed E-state index contributed by atoms with van der Waals surface area (Å²) in [5, 5.41) is 0. The van der Waals surface area contributed by atoms with Gasteiger partial charge in [-0.15, -0.1) is 0 Å². The maximum absolute atomic E-state index is 12.3. The Morgan fingerprint density at radius 1 is 1.28 bits per heavy atom. The smallest absolute Gasteiger partial charge is 0.331 e. The number of amides is 1.